The summed E-state index contributed by atoms with van der Waals surface area (Å²) >= 11 is 0. The Labute approximate surface area is 87.3 Å². The normalized spacial score (nSPS) is 24.1. The smallest absolute Gasteiger partial charge is 0.0999 e. The van der Waals surface area contributed by atoms with Crippen molar-refractivity contribution in [3.05, 3.63) is 0 Å². The van der Waals surface area contributed by atoms with E-state index < -0.39 is 0 Å². The van der Waals surface area contributed by atoms with Crippen molar-refractivity contribution >= 4 is 5.71 Å². The fourth-order valence-corrected chi connectivity index (χ4v) is 1.63. The molecule has 3 nitrogen and oxygen atoms in total. The molecule has 0 aromatic rings. The Balaban J connectivity index is 2.88. The van der Waals surface area contributed by atoms with Gasteiger partial charge in [0.05, 0.1) is 11.7 Å². The molecule has 3 heteroatoms. The summed E-state index contributed by atoms with van der Waals surface area (Å²) in [6.45, 7) is 13.0. The third-order valence-electron chi connectivity index (χ3n) is 2.50. The molecule has 0 saturated heterocycles. The summed E-state index contributed by atoms with van der Waals surface area (Å²) in [5.41, 5.74) is 7.43. The summed E-state index contributed by atoms with van der Waals surface area (Å²) in [6, 6.07) is 0. The summed E-state index contributed by atoms with van der Waals surface area (Å²) in [4.78, 5) is 0. The highest BCUT2D eigenvalue weighted by Gasteiger charge is 2.35. The standard InChI is InChI=1S/C11H23N3/c1-10(2,3)8-7-9(12)14(13-8)11(4,5)6/h9H,7,12H2,1-6H3. The van der Waals surface area contributed by atoms with E-state index in [1.165, 1.54) is 5.71 Å². The molecule has 1 unspecified atom stereocenters. The molecule has 1 heterocycles. The zero-order valence-corrected chi connectivity index (χ0v) is 10.3. The Morgan fingerprint density at radius 2 is 1.71 bits per heavy atom. The van der Waals surface area contributed by atoms with Gasteiger partial charge in [0.1, 0.15) is 0 Å². The summed E-state index contributed by atoms with van der Waals surface area (Å²) in [7, 11) is 0. The lowest BCUT2D eigenvalue weighted by Crippen LogP contribution is -2.46. The maximum Gasteiger partial charge on any atom is 0.0999 e. The Hall–Kier alpha value is -0.570. The Morgan fingerprint density at radius 1 is 1.21 bits per heavy atom. The molecule has 82 valence electrons. The number of nitrogens with zero attached hydrogens (tertiary/aromatic N) is 2. The molecule has 0 bridgehead atoms. The minimum atomic E-state index is 0.0203. The van der Waals surface area contributed by atoms with Crippen molar-refractivity contribution in [1.29, 1.82) is 0 Å². The molecular weight excluding hydrogens is 174 g/mol. The highest BCUT2D eigenvalue weighted by Crippen LogP contribution is 2.29. The molecule has 0 aromatic heterocycles. The van der Waals surface area contributed by atoms with Crippen LogP contribution in [-0.4, -0.2) is 22.4 Å². The molecule has 14 heavy (non-hydrogen) atoms. The van der Waals surface area contributed by atoms with Crippen molar-refractivity contribution < 1.29 is 0 Å². The molecule has 0 aliphatic carbocycles. The molecule has 0 aromatic carbocycles. The highest BCUT2D eigenvalue weighted by molar-refractivity contribution is 5.90. The molecule has 1 aliphatic heterocycles. The number of hydrogen-bond donors (Lipinski definition) is 1. The zero-order chi connectivity index (χ0) is 11.1. The van der Waals surface area contributed by atoms with E-state index in [9.17, 15) is 0 Å². The average Bonchev–Trinajstić information content (AvgIpc) is 2.27. The Morgan fingerprint density at radius 3 is 1.93 bits per heavy atom. The highest BCUT2D eigenvalue weighted by atomic mass is 15.5. The van der Waals surface area contributed by atoms with Crippen LogP contribution in [0.2, 0.25) is 0 Å². The zero-order valence-electron chi connectivity index (χ0n) is 10.3. The first-order valence-electron chi connectivity index (χ1n) is 5.25. The third kappa shape index (κ3) is 2.27. The molecule has 0 spiro atoms. The predicted molar refractivity (Wildman–Crippen MR) is 61.1 cm³/mol. The summed E-state index contributed by atoms with van der Waals surface area (Å²) in [6.07, 6.45) is 0.935. The van der Waals surface area contributed by atoms with E-state index >= 15 is 0 Å². The van der Waals surface area contributed by atoms with Crippen LogP contribution in [0.25, 0.3) is 0 Å². The second-order valence-corrected chi connectivity index (χ2v) is 6.08. The summed E-state index contributed by atoms with van der Waals surface area (Å²) in [5.74, 6) is 0. The molecule has 0 fully saturated rings. The molecule has 1 atom stereocenters. The third-order valence-corrected chi connectivity index (χ3v) is 2.50. The van der Waals surface area contributed by atoms with Gasteiger partial charge in [-0.3, -0.25) is 5.01 Å². The van der Waals surface area contributed by atoms with E-state index in [-0.39, 0.29) is 17.1 Å². The van der Waals surface area contributed by atoms with Crippen LogP contribution in [0, 0.1) is 5.41 Å². The van der Waals surface area contributed by atoms with E-state index in [0.29, 0.717) is 0 Å². The first kappa shape index (κ1) is 11.5. The van der Waals surface area contributed by atoms with Gasteiger partial charge in [0.2, 0.25) is 0 Å². The maximum atomic E-state index is 6.06. The van der Waals surface area contributed by atoms with Crippen molar-refractivity contribution in [2.45, 2.75) is 59.7 Å². The van der Waals surface area contributed by atoms with E-state index in [1.54, 1.807) is 0 Å². The van der Waals surface area contributed by atoms with Crippen LogP contribution in [0.1, 0.15) is 48.0 Å². The second kappa shape index (κ2) is 3.23. The van der Waals surface area contributed by atoms with E-state index in [0.717, 1.165) is 6.42 Å². The van der Waals surface area contributed by atoms with Crippen molar-refractivity contribution in [3.63, 3.8) is 0 Å². The molecule has 0 amide bonds. The van der Waals surface area contributed by atoms with Crippen molar-refractivity contribution in [2.75, 3.05) is 0 Å². The van der Waals surface area contributed by atoms with Crippen LogP contribution >= 0.6 is 0 Å². The number of nitrogens with two attached hydrogens (primary N) is 1. The van der Waals surface area contributed by atoms with Crippen LogP contribution in [0.15, 0.2) is 5.10 Å². The lowest BCUT2D eigenvalue weighted by Gasteiger charge is -2.33. The number of hydrogen-bond acceptors (Lipinski definition) is 3. The van der Waals surface area contributed by atoms with Gasteiger partial charge in [-0.15, -0.1) is 0 Å². The second-order valence-electron chi connectivity index (χ2n) is 6.08. The van der Waals surface area contributed by atoms with E-state index in [1.807, 2.05) is 5.01 Å². The first-order chi connectivity index (χ1) is 6.12. The van der Waals surface area contributed by atoms with Crippen LogP contribution in [0.5, 0.6) is 0 Å². The monoisotopic (exact) mass is 197 g/mol. The van der Waals surface area contributed by atoms with Crippen LogP contribution in [0.3, 0.4) is 0 Å². The van der Waals surface area contributed by atoms with Crippen LogP contribution < -0.4 is 5.73 Å². The van der Waals surface area contributed by atoms with Gasteiger partial charge in [-0.1, -0.05) is 20.8 Å². The minimum Gasteiger partial charge on any atom is -0.310 e. The van der Waals surface area contributed by atoms with Gasteiger partial charge >= 0.3 is 0 Å². The van der Waals surface area contributed by atoms with Crippen molar-refractivity contribution in [1.82, 2.24) is 5.01 Å². The van der Waals surface area contributed by atoms with Gasteiger partial charge in [-0.05, 0) is 20.8 Å². The quantitative estimate of drug-likeness (QED) is 0.646. The van der Waals surface area contributed by atoms with Gasteiger partial charge in [-0.2, -0.15) is 5.10 Å². The summed E-state index contributed by atoms with van der Waals surface area (Å²) < 4.78 is 0. The van der Waals surface area contributed by atoms with Gasteiger partial charge in [0, 0.05) is 17.5 Å². The molecular formula is C11H23N3. The predicted octanol–water partition coefficient (Wildman–Crippen LogP) is 2.18. The van der Waals surface area contributed by atoms with E-state index in [4.69, 9.17) is 5.73 Å². The molecule has 0 saturated carbocycles. The first-order valence-corrected chi connectivity index (χ1v) is 5.25. The molecule has 1 aliphatic rings. The molecule has 0 radical (unpaired) electrons. The molecule has 2 N–H and O–H groups in total. The summed E-state index contributed by atoms with van der Waals surface area (Å²) in [5, 5.41) is 6.66. The number of hydrazone groups is 1. The SMILES string of the molecule is CC(C)(C)C1=NN(C(C)(C)C)C(N)C1. The fourth-order valence-electron chi connectivity index (χ4n) is 1.63. The topological polar surface area (TPSA) is 41.6 Å². The van der Waals surface area contributed by atoms with Gasteiger partial charge in [0.15, 0.2) is 0 Å². The maximum absolute atomic E-state index is 6.06. The van der Waals surface area contributed by atoms with Crippen molar-refractivity contribution in [3.8, 4) is 0 Å². The van der Waals surface area contributed by atoms with Crippen LogP contribution in [0.4, 0.5) is 0 Å². The van der Waals surface area contributed by atoms with Crippen molar-refractivity contribution in [2.24, 2.45) is 16.3 Å². The van der Waals surface area contributed by atoms with E-state index in [2.05, 4.69) is 46.6 Å². The average molecular weight is 197 g/mol. The van der Waals surface area contributed by atoms with Crippen LogP contribution in [-0.2, 0) is 0 Å². The lowest BCUT2D eigenvalue weighted by molar-refractivity contribution is 0.107. The largest absolute Gasteiger partial charge is 0.310 e. The van der Waals surface area contributed by atoms with Gasteiger partial charge in [-0.25, -0.2) is 0 Å². The van der Waals surface area contributed by atoms with Gasteiger partial charge < -0.3 is 5.73 Å². The lowest BCUT2D eigenvalue weighted by atomic mass is 9.88. The van der Waals surface area contributed by atoms with Gasteiger partial charge in [0.25, 0.3) is 0 Å². The minimum absolute atomic E-state index is 0.0203. The fraction of sp³-hybridized carbons (Fsp3) is 0.909. The number of rotatable bonds is 0. The molecule has 1 rings (SSSR count). The Kier molecular flexibility index (Phi) is 2.65. The Bertz CT molecular complexity index is 242.